The molecule has 0 aliphatic carbocycles. The zero-order chi connectivity index (χ0) is 33.7. The monoisotopic (exact) mass is 660 g/mol. The number of aliphatic hydroxyl groups excluding tert-OH is 2. The summed E-state index contributed by atoms with van der Waals surface area (Å²) in [5.41, 5.74) is 3.44. The van der Waals surface area contributed by atoms with E-state index in [2.05, 4.69) is 0 Å². The molecule has 0 bridgehead atoms. The second kappa shape index (κ2) is 18.0. The minimum Gasteiger partial charge on any atom is -0.497 e. The molecule has 1 heterocycles. The largest absolute Gasteiger partial charge is 0.497 e. The van der Waals surface area contributed by atoms with Gasteiger partial charge in [-0.15, -0.1) is 0 Å². The third kappa shape index (κ3) is 9.55. The lowest BCUT2D eigenvalue weighted by Gasteiger charge is -2.42. The summed E-state index contributed by atoms with van der Waals surface area (Å²) in [4.78, 5) is 0. The van der Waals surface area contributed by atoms with Crippen LogP contribution in [-0.4, -0.2) is 75.3 Å². The van der Waals surface area contributed by atoms with Gasteiger partial charge in [0.05, 0.1) is 54.4 Å². The Morgan fingerprint density at radius 1 is 0.667 bits per heavy atom. The van der Waals surface area contributed by atoms with Crippen molar-refractivity contribution in [1.82, 2.24) is 0 Å². The molecule has 10 heteroatoms. The number of methoxy groups -OCH3 is 3. The topological polar surface area (TPSA) is 114 Å². The smallest absolute Gasteiger partial charge is 0.184 e. The van der Waals surface area contributed by atoms with Crippen LogP contribution in [0.1, 0.15) is 28.5 Å². The first-order valence-electron chi connectivity index (χ1n) is 15.9. The summed E-state index contributed by atoms with van der Waals surface area (Å²) >= 11 is 0. The molecule has 0 amide bonds. The van der Waals surface area contributed by atoms with Crippen molar-refractivity contribution < 1.29 is 48.1 Å². The average molecular weight is 661 g/mol. The van der Waals surface area contributed by atoms with Crippen LogP contribution in [0.25, 0.3) is 0 Å². The summed E-state index contributed by atoms with van der Waals surface area (Å²) in [5, 5.41) is 22.4. The summed E-state index contributed by atoms with van der Waals surface area (Å²) in [7, 11) is 4.83. The van der Waals surface area contributed by atoms with Crippen molar-refractivity contribution in [2.45, 2.75) is 56.6 Å². The molecule has 1 saturated heterocycles. The summed E-state index contributed by atoms with van der Waals surface area (Å²) in [6.45, 7) is 0.265. The van der Waals surface area contributed by atoms with E-state index in [4.69, 9.17) is 37.9 Å². The Bertz CT molecular complexity index is 1480. The number of rotatable bonds is 17. The molecule has 4 aromatic carbocycles. The Kier molecular flexibility index (Phi) is 13.2. The van der Waals surface area contributed by atoms with Crippen LogP contribution in [0.2, 0.25) is 0 Å². The molecular formula is C38H44O10. The molecule has 48 heavy (non-hydrogen) atoms. The molecule has 0 radical (unpaired) electrons. The molecule has 2 N–H and O–H groups in total. The van der Waals surface area contributed by atoms with Crippen molar-refractivity contribution in [2.24, 2.45) is 0 Å². The standard InChI is InChI=1S/C38H44O10/c1-41-30-15-9-26(10-16-30)22-44-33(21-39)35(40)37(46-24-28-13-19-32(43-3)20-14-28)36-34(45-23-27-11-17-31(42-2)18-12-27)25-47-38(48-36)29-7-5-4-6-8-29/h4-20,33-40H,21-25H2,1-3H3/t33-,34+,35?,36?,37+,38-/m1/s1. The maximum Gasteiger partial charge on any atom is 0.184 e. The lowest BCUT2D eigenvalue weighted by Crippen LogP contribution is -2.56. The van der Waals surface area contributed by atoms with E-state index in [0.29, 0.717) is 5.75 Å². The van der Waals surface area contributed by atoms with E-state index in [0.717, 1.165) is 33.8 Å². The SMILES string of the molecule is COc1ccc(CO[C@H](C2O[C@H](c3ccccc3)OC[C@@H]2OCc2ccc(OC)cc2)C(O)[C@@H](CO)OCc2ccc(OC)cc2)cc1. The summed E-state index contributed by atoms with van der Waals surface area (Å²) in [5.74, 6) is 2.18. The molecule has 1 fully saturated rings. The molecule has 2 unspecified atom stereocenters. The minimum absolute atomic E-state index is 0.143. The number of aliphatic hydroxyl groups is 2. The zero-order valence-electron chi connectivity index (χ0n) is 27.5. The van der Waals surface area contributed by atoms with E-state index in [1.165, 1.54) is 0 Å². The van der Waals surface area contributed by atoms with Crippen molar-refractivity contribution in [1.29, 1.82) is 0 Å². The molecular weight excluding hydrogens is 616 g/mol. The molecule has 6 atom stereocenters. The summed E-state index contributed by atoms with van der Waals surface area (Å²) < 4.78 is 47.6. The van der Waals surface area contributed by atoms with Gasteiger partial charge in [0.25, 0.3) is 0 Å². The highest BCUT2D eigenvalue weighted by Gasteiger charge is 2.44. The van der Waals surface area contributed by atoms with Crippen LogP contribution < -0.4 is 14.2 Å². The fourth-order valence-electron chi connectivity index (χ4n) is 5.39. The maximum atomic E-state index is 11.9. The van der Waals surface area contributed by atoms with Crippen LogP contribution in [0.3, 0.4) is 0 Å². The van der Waals surface area contributed by atoms with Gasteiger partial charge in [-0.25, -0.2) is 0 Å². The van der Waals surface area contributed by atoms with Gasteiger partial charge in [0.15, 0.2) is 6.29 Å². The normalized spacial score (nSPS) is 19.6. The fraction of sp³-hybridized carbons (Fsp3) is 0.368. The first-order chi connectivity index (χ1) is 23.5. The van der Waals surface area contributed by atoms with Gasteiger partial charge in [0.2, 0.25) is 0 Å². The number of hydrogen-bond donors (Lipinski definition) is 2. The highest BCUT2D eigenvalue weighted by molar-refractivity contribution is 5.28. The van der Waals surface area contributed by atoms with Gasteiger partial charge < -0.3 is 48.1 Å². The first-order valence-corrected chi connectivity index (χ1v) is 15.9. The zero-order valence-corrected chi connectivity index (χ0v) is 27.5. The van der Waals surface area contributed by atoms with Crippen LogP contribution in [0, 0.1) is 0 Å². The third-order valence-electron chi connectivity index (χ3n) is 8.20. The van der Waals surface area contributed by atoms with Crippen LogP contribution in [-0.2, 0) is 43.5 Å². The summed E-state index contributed by atoms with van der Waals surface area (Å²) in [6.07, 6.45) is -5.48. The highest BCUT2D eigenvalue weighted by Crippen LogP contribution is 2.33. The number of hydrogen-bond acceptors (Lipinski definition) is 10. The van der Waals surface area contributed by atoms with E-state index in [9.17, 15) is 10.2 Å². The maximum absolute atomic E-state index is 11.9. The van der Waals surface area contributed by atoms with Crippen LogP contribution >= 0.6 is 0 Å². The van der Waals surface area contributed by atoms with Crippen LogP contribution in [0.15, 0.2) is 103 Å². The molecule has 4 aromatic rings. The molecule has 0 saturated carbocycles. The summed E-state index contributed by atoms with van der Waals surface area (Å²) in [6, 6.07) is 32.0. The third-order valence-corrected chi connectivity index (χ3v) is 8.20. The molecule has 10 nitrogen and oxygen atoms in total. The molecule has 5 rings (SSSR count). The van der Waals surface area contributed by atoms with Crippen molar-refractivity contribution in [3.8, 4) is 17.2 Å². The van der Waals surface area contributed by atoms with Crippen molar-refractivity contribution in [2.75, 3.05) is 34.5 Å². The van der Waals surface area contributed by atoms with Gasteiger partial charge >= 0.3 is 0 Å². The Morgan fingerprint density at radius 2 is 1.17 bits per heavy atom. The van der Waals surface area contributed by atoms with Crippen molar-refractivity contribution in [3.63, 3.8) is 0 Å². The van der Waals surface area contributed by atoms with Gasteiger partial charge in [0.1, 0.15) is 47.8 Å². The van der Waals surface area contributed by atoms with Gasteiger partial charge in [-0.3, -0.25) is 0 Å². The van der Waals surface area contributed by atoms with E-state index in [1.807, 2.05) is 103 Å². The number of benzene rings is 4. The Labute approximate surface area is 281 Å². The van der Waals surface area contributed by atoms with Gasteiger partial charge in [-0.05, 0) is 53.1 Å². The van der Waals surface area contributed by atoms with Gasteiger partial charge in [-0.1, -0.05) is 66.7 Å². The van der Waals surface area contributed by atoms with Gasteiger partial charge in [-0.2, -0.15) is 0 Å². The quantitative estimate of drug-likeness (QED) is 0.156. The second-order valence-electron chi connectivity index (χ2n) is 11.4. The van der Waals surface area contributed by atoms with Crippen molar-refractivity contribution in [3.05, 3.63) is 125 Å². The molecule has 1 aliphatic heterocycles. The average Bonchev–Trinajstić information content (AvgIpc) is 3.15. The lowest BCUT2D eigenvalue weighted by molar-refractivity contribution is -0.303. The molecule has 256 valence electrons. The van der Waals surface area contributed by atoms with Gasteiger partial charge in [0, 0.05) is 5.56 Å². The van der Waals surface area contributed by atoms with Crippen LogP contribution in [0.5, 0.6) is 17.2 Å². The van der Waals surface area contributed by atoms with Crippen LogP contribution in [0.4, 0.5) is 0 Å². The minimum atomic E-state index is -1.31. The molecule has 0 aromatic heterocycles. The van der Waals surface area contributed by atoms with E-state index < -0.39 is 43.4 Å². The highest BCUT2D eigenvalue weighted by atomic mass is 16.7. The molecule has 1 aliphatic rings. The molecule has 0 spiro atoms. The Hall–Kier alpha value is -4.00. The van der Waals surface area contributed by atoms with E-state index in [1.54, 1.807) is 21.3 Å². The van der Waals surface area contributed by atoms with Crippen molar-refractivity contribution >= 4 is 0 Å². The first kappa shape index (κ1) is 35.3. The predicted octanol–water partition coefficient (Wildman–Crippen LogP) is 5.24. The predicted molar refractivity (Wildman–Crippen MR) is 178 cm³/mol. The van der Waals surface area contributed by atoms with E-state index in [-0.39, 0.29) is 26.4 Å². The lowest BCUT2D eigenvalue weighted by atomic mass is 9.97. The van der Waals surface area contributed by atoms with E-state index >= 15 is 0 Å². The Balaban J connectivity index is 1.40. The number of ether oxygens (including phenoxy) is 8. The fourth-order valence-corrected chi connectivity index (χ4v) is 5.39. The Morgan fingerprint density at radius 3 is 1.67 bits per heavy atom. The second-order valence-corrected chi connectivity index (χ2v) is 11.4.